The van der Waals surface area contributed by atoms with Crippen molar-refractivity contribution in [1.29, 1.82) is 0 Å². The highest BCUT2D eigenvalue weighted by Crippen LogP contribution is 2.11. The third-order valence-corrected chi connectivity index (χ3v) is 3.61. The molecule has 0 radical (unpaired) electrons. The number of carbonyl (C=O) groups excluding carboxylic acids is 1. The van der Waals surface area contributed by atoms with E-state index in [1.807, 2.05) is 6.92 Å². The second-order valence-electron chi connectivity index (χ2n) is 5.71. The molecule has 2 rings (SSSR count). The van der Waals surface area contributed by atoms with E-state index < -0.39 is 0 Å². The minimum absolute atomic E-state index is 0.00650. The van der Waals surface area contributed by atoms with E-state index in [9.17, 15) is 4.79 Å². The lowest BCUT2D eigenvalue weighted by Crippen LogP contribution is -2.47. The summed E-state index contributed by atoms with van der Waals surface area (Å²) < 4.78 is 5.67. The first kappa shape index (κ1) is 15.9. The van der Waals surface area contributed by atoms with Crippen LogP contribution in [0.1, 0.15) is 31.7 Å². The van der Waals surface area contributed by atoms with Crippen molar-refractivity contribution in [3.8, 4) is 0 Å². The smallest absolute Gasteiger partial charge is 0.222 e. The Morgan fingerprint density at radius 1 is 1.48 bits per heavy atom. The van der Waals surface area contributed by atoms with Crippen LogP contribution in [0.25, 0.3) is 0 Å². The van der Waals surface area contributed by atoms with Gasteiger partial charge in [0.15, 0.2) is 0 Å². The Kier molecular flexibility index (Phi) is 5.64. The van der Waals surface area contributed by atoms with Crippen molar-refractivity contribution in [2.24, 2.45) is 0 Å². The molecule has 1 N–H and O–H groups in total. The summed E-state index contributed by atoms with van der Waals surface area (Å²) in [6, 6.07) is 0.488. The molecular weight excluding hydrogens is 268 g/mol. The van der Waals surface area contributed by atoms with Crippen LogP contribution in [0, 0.1) is 6.92 Å². The SMILES string of the molecule is Cc1cnc(CNC(=O)C[C@H]2CN(C(C)C)CCO2)cn1. The van der Waals surface area contributed by atoms with Crippen LogP contribution in [0.15, 0.2) is 12.4 Å². The molecule has 1 saturated heterocycles. The second-order valence-corrected chi connectivity index (χ2v) is 5.71. The predicted molar refractivity (Wildman–Crippen MR) is 79.7 cm³/mol. The van der Waals surface area contributed by atoms with Crippen LogP contribution in [0.3, 0.4) is 0 Å². The van der Waals surface area contributed by atoms with Gasteiger partial charge in [0.2, 0.25) is 5.91 Å². The molecule has 6 heteroatoms. The maximum absolute atomic E-state index is 12.0. The fourth-order valence-corrected chi connectivity index (χ4v) is 2.31. The third kappa shape index (κ3) is 5.06. The standard InChI is InChI=1S/C15H24N4O2/c1-11(2)19-4-5-21-14(10-19)6-15(20)18-9-13-8-16-12(3)7-17-13/h7-8,11,14H,4-6,9-10H2,1-3H3,(H,18,20)/t14-/m0/s1. The normalized spacial score (nSPS) is 19.7. The molecule has 1 fully saturated rings. The zero-order valence-corrected chi connectivity index (χ0v) is 13.0. The Labute approximate surface area is 125 Å². The molecule has 1 amide bonds. The van der Waals surface area contributed by atoms with E-state index in [-0.39, 0.29) is 12.0 Å². The fourth-order valence-electron chi connectivity index (χ4n) is 2.31. The Balaban J connectivity index is 1.75. The number of morpholine rings is 1. The highest BCUT2D eigenvalue weighted by Gasteiger charge is 2.24. The monoisotopic (exact) mass is 292 g/mol. The molecule has 1 aliphatic rings. The summed E-state index contributed by atoms with van der Waals surface area (Å²) in [6.07, 6.45) is 3.76. The number of nitrogens with one attached hydrogen (secondary N) is 1. The Bertz CT molecular complexity index is 461. The molecule has 0 saturated carbocycles. The van der Waals surface area contributed by atoms with Crippen molar-refractivity contribution < 1.29 is 9.53 Å². The van der Waals surface area contributed by atoms with Crippen molar-refractivity contribution >= 4 is 5.91 Å². The molecule has 1 aromatic heterocycles. The largest absolute Gasteiger partial charge is 0.375 e. The summed E-state index contributed by atoms with van der Waals surface area (Å²) in [5, 5.41) is 2.87. The van der Waals surface area contributed by atoms with Gasteiger partial charge in [-0.2, -0.15) is 0 Å². The maximum Gasteiger partial charge on any atom is 0.222 e. The van der Waals surface area contributed by atoms with E-state index in [0.29, 0.717) is 25.6 Å². The van der Waals surface area contributed by atoms with Gasteiger partial charge in [0.1, 0.15) is 0 Å². The number of aromatic nitrogens is 2. The van der Waals surface area contributed by atoms with E-state index in [1.54, 1.807) is 12.4 Å². The van der Waals surface area contributed by atoms with Gasteiger partial charge in [-0.05, 0) is 20.8 Å². The van der Waals surface area contributed by atoms with Crippen LogP contribution in [0.4, 0.5) is 0 Å². The van der Waals surface area contributed by atoms with Gasteiger partial charge in [-0.1, -0.05) is 0 Å². The van der Waals surface area contributed by atoms with Gasteiger partial charge in [-0.3, -0.25) is 19.7 Å². The van der Waals surface area contributed by atoms with E-state index in [2.05, 4.69) is 34.0 Å². The first-order valence-corrected chi connectivity index (χ1v) is 7.44. The lowest BCUT2D eigenvalue weighted by molar-refractivity contribution is -0.126. The fraction of sp³-hybridized carbons (Fsp3) is 0.667. The average Bonchev–Trinajstić information content (AvgIpc) is 2.47. The molecule has 0 aromatic carbocycles. The van der Waals surface area contributed by atoms with Crippen molar-refractivity contribution in [2.75, 3.05) is 19.7 Å². The minimum Gasteiger partial charge on any atom is -0.375 e. The second kappa shape index (κ2) is 7.47. The van der Waals surface area contributed by atoms with Crippen molar-refractivity contribution in [1.82, 2.24) is 20.2 Å². The summed E-state index contributed by atoms with van der Waals surface area (Å²) in [5.74, 6) is -0.00650. The van der Waals surface area contributed by atoms with Gasteiger partial charge in [-0.25, -0.2) is 0 Å². The van der Waals surface area contributed by atoms with Gasteiger partial charge >= 0.3 is 0 Å². The summed E-state index contributed by atoms with van der Waals surface area (Å²) in [5.41, 5.74) is 1.64. The molecule has 0 unspecified atom stereocenters. The summed E-state index contributed by atoms with van der Waals surface area (Å²) in [7, 11) is 0. The number of nitrogens with zero attached hydrogens (tertiary/aromatic N) is 3. The number of rotatable bonds is 5. The van der Waals surface area contributed by atoms with Crippen LogP contribution in [-0.4, -0.2) is 52.6 Å². The highest BCUT2D eigenvalue weighted by atomic mass is 16.5. The van der Waals surface area contributed by atoms with E-state index in [1.165, 1.54) is 0 Å². The van der Waals surface area contributed by atoms with Crippen molar-refractivity contribution in [3.63, 3.8) is 0 Å². The first-order chi connectivity index (χ1) is 10.0. The van der Waals surface area contributed by atoms with E-state index in [0.717, 1.165) is 24.5 Å². The lowest BCUT2D eigenvalue weighted by atomic mass is 10.1. The number of carbonyl (C=O) groups is 1. The number of amides is 1. The Hall–Kier alpha value is -1.53. The Morgan fingerprint density at radius 2 is 2.29 bits per heavy atom. The van der Waals surface area contributed by atoms with Gasteiger partial charge in [0.25, 0.3) is 0 Å². The van der Waals surface area contributed by atoms with Gasteiger partial charge < -0.3 is 10.1 Å². The summed E-state index contributed by atoms with van der Waals surface area (Å²) in [4.78, 5) is 22.7. The van der Waals surface area contributed by atoms with Crippen LogP contribution in [-0.2, 0) is 16.1 Å². The molecule has 1 aromatic rings. The molecule has 0 aliphatic carbocycles. The molecule has 0 bridgehead atoms. The molecule has 116 valence electrons. The van der Waals surface area contributed by atoms with Gasteiger partial charge in [0.05, 0.1) is 43.3 Å². The zero-order valence-electron chi connectivity index (χ0n) is 13.0. The maximum atomic E-state index is 12.0. The summed E-state index contributed by atoms with van der Waals surface area (Å²) in [6.45, 7) is 9.07. The van der Waals surface area contributed by atoms with Crippen LogP contribution in [0.2, 0.25) is 0 Å². The number of ether oxygens (including phenoxy) is 1. The van der Waals surface area contributed by atoms with Crippen molar-refractivity contribution in [2.45, 2.75) is 45.9 Å². The molecule has 0 spiro atoms. The Morgan fingerprint density at radius 3 is 2.95 bits per heavy atom. The lowest BCUT2D eigenvalue weighted by Gasteiger charge is -2.35. The number of hydrogen-bond acceptors (Lipinski definition) is 5. The van der Waals surface area contributed by atoms with Gasteiger partial charge in [0, 0.05) is 25.3 Å². The van der Waals surface area contributed by atoms with Crippen LogP contribution >= 0.6 is 0 Å². The van der Waals surface area contributed by atoms with E-state index >= 15 is 0 Å². The molecule has 21 heavy (non-hydrogen) atoms. The number of aryl methyl sites for hydroxylation is 1. The molecule has 1 atom stereocenters. The zero-order chi connectivity index (χ0) is 15.2. The number of hydrogen-bond donors (Lipinski definition) is 1. The molecule has 2 heterocycles. The third-order valence-electron chi connectivity index (χ3n) is 3.61. The quantitative estimate of drug-likeness (QED) is 0.873. The topological polar surface area (TPSA) is 67.4 Å². The first-order valence-electron chi connectivity index (χ1n) is 7.44. The molecular formula is C15H24N4O2. The van der Waals surface area contributed by atoms with Crippen LogP contribution in [0.5, 0.6) is 0 Å². The summed E-state index contributed by atoms with van der Waals surface area (Å²) >= 11 is 0. The molecule has 1 aliphatic heterocycles. The minimum atomic E-state index is -0.0229. The highest BCUT2D eigenvalue weighted by molar-refractivity contribution is 5.76. The van der Waals surface area contributed by atoms with Crippen LogP contribution < -0.4 is 5.32 Å². The predicted octanol–water partition coefficient (Wildman–Crippen LogP) is 0.901. The van der Waals surface area contributed by atoms with Gasteiger partial charge in [-0.15, -0.1) is 0 Å². The molecule has 6 nitrogen and oxygen atoms in total. The average molecular weight is 292 g/mol. The van der Waals surface area contributed by atoms with Crippen molar-refractivity contribution in [3.05, 3.63) is 23.8 Å². The van der Waals surface area contributed by atoms with E-state index in [4.69, 9.17) is 4.74 Å².